The van der Waals surface area contributed by atoms with Gasteiger partial charge in [0.1, 0.15) is 17.6 Å². The van der Waals surface area contributed by atoms with Gasteiger partial charge in [-0.2, -0.15) is 0 Å². The molecule has 1 unspecified atom stereocenters. The standard InChI is InChI=1S/C19H14O5/c20-14-10-11-19(13(14)6-3-9-17(21)22)23-15-7-1-4-12-5-2-8-16(24-19)18(12)15/h1-11,14,20H,(H,21,22). The lowest BCUT2D eigenvalue weighted by Crippen LogP contribution is -2.44. The van der Waals surface area contributed by atoms with E-state index in [1.165, 1.54) is 12.2 Å². The Hall–Kier alpha value is -3.05. The number of aliphatic hydroxyl groups excluding tert-OH is 1. The van der Waals surface area contributed by atoms with E-state index in [4.69, 9.17) is 14.6 Å². The Balaban J connectivity index is 1.81. The molecule has 1 spiro atoms. The Morgan fingerprint density at radius 3 is 2.42 bits per heavy atom. The Labute approximate surface area is 137 Å². The van der Waals surface area contributed by atoms with Gasteiger partial charge in [-0.1, -0.05) is 36.4 Å². The van der Waals surface area contributed by atoms with Crippen molar-refractivity contribution >= 4 is 16.7 Å². The van der Waals surface area contributed by atoms with Crippen molar-refractivity contribution in [2.45, 2.75) is 11.9 Å². The van der Waals surface area contributed by atoms with Crippen LogP contribution in [0.2, 0.25) is 0 Å². The number of aliphatic carboxylic acids is 1. The van der Waals surface area contributed by atoms with Gasteiger partial charge >= 0.3 is 5.97 Å². The molecule has 1 atom stereocenters. The van der Waals surface area contributed by atoms with E-state index >= 15 is 0 Å². The molecule has 120 valence electrons. The summed E-state index contributed by atoms with van der Waals surface area (Å²) in [4.78, 5) is 10.7. The van der Waals surface area contributed by atoms with Gasteiger partial charge in [0.05, 0.1) is 11.0 Å². The highest BCUT2D eigenvalue weighted by atomic mass is 16.7. The van der Waals surface area contributed by atoms with Crippen LogP contribution < -0.4 is 9.47 Å². The molecule has 0 bridgehead atoms. The van der Waals surface area contributed by atoms with Crippen molar-refractivity contribution in [2.24, 2.45) is 0 Å². The maximum absolute atomic E-state index is 10.7. The second kappa shape index (κ2) is 5.25. The van der Waals surface area contributed by atoms with E-state index in [1.54, 1.807) is 12.2 Å². The van der Waals surface area contributed by atoms with Gasteiger partial charge in [0, 0.05) is 12.2 Å². The second-order valence-corrected chi connectivity index (χ2v) is 5.61. The maximum atomic E-state index is 10.7. The molecular weight excluding hydrogens is 308 g/mol. The first kappa shape index (κ1) is 14.5. The van der Waals surface area contributed by atoms with Crippen LogP contribution in [0.15, 0.2) is 72.4 Å². The van der Waals surface area contributed by atoms with Crippen LogP contribution in [0.3, 0.4) is 0 Å². The molecule has 0 aromatic heterocycles. The average Bonchev–Trinajstić information content (AvgIpc) is 2.84. The summed E-state index contributed by atoms with van der Waals surface area (Å²) in [5, 5.41) is 20.8. The Morgan fingerprint density at radius 2 is 1.79 bits per heavy atom. The van der Waals surface area contributed by atoms with Crippen LogP contribution in [0, 0.1) is 0 Å². The minimum Gasteiger partial charge on any atom is -0.478 e. The van der Waals surface area contributed by atoms with Crippen LogP contribution in [0.25, 0.3) is 10.8 Å². The Kier molecular flexibility index (Phi) is 3.18. The van der Waals surface area contributed by atoms with E-state index in [-0.39, 0.29) is 0 Å². The molecule has 5 nitrogen and oxygen atoms in total. The number of benzene rings is 2. The van der Waals surface area contributed by atoms with Crippen LogP contribution in [0.5, 0.6) is 11.5 Å². The average molecular weight is 322 g/mol. The van der Waals surface area contributed by atoms with Crippen molar-refractivity contribution in [1.82, 2.24) is 0 Å². The highest BCUT2D eigenvalue weighted by Crippen LogP contribution is 2.46. The van der Waals surface area contributed by atoms with Crippen molar-refractivity contribution in [3.63, 3.8) is 0 Å². The minimum atomic E-state index is -1.27. The number of carbonyl (C=O) groups is 1. The lowest BCUT2D eigenvalue weighted by Gasteiger charge is -2.36. The molecule has 5 heteroatoms. The van der Waals surface area contributed by atoms with Crippen LogP contribution in [-0.4, -0.2) is 28.1 Å². The van der Waals surface area contributed by atoms with Gasteiger partial charge in [-0.15, -0.1) is 0 Å². The fourth-order valence-corrected chi connectivity index (χ4v) is 3.05. The third kappa shape index (κ3) is 2.18. The van der Waals surface area contributed by atoms with E-state index in [1.807, 2.05) is 36.4 Å². The van der Waals surface area contributed by atoms with Crippen molar-refractivity contribution in [3.05, 3.63) is 72.4 Å². The van der Waals surface area contributed by atoms with Gasteiger partial charge in [-0.3, -0.25) is 0 Å². The third-order valence-electron chi connectivity index (χ3n) is 4.08. The highest BCUT2D eigenvalue weighted by Gasteiger charge is 2.46. The molecule has 0 radical (unpaired) electrons. The number of rotatable bonds is 2. The molecule has 2 aromatic carbocycles. The molecule has 1 heterocycles. The zero-order valence-electron chi connectivity index (χ0n) is 12.5. The molecule has 4 rings (SSSR count). The predicted octanol–water partition coefficient (Wildman–Crippen LogP) is 2.81. The summed E-state index contributed by atoms with van der Waals surface area (Å²) in [6.07, 6.45) is 6.15. The van der Waals surface area contributed by atoms with Crippen molar-refractivity contribution in [1.29, 1.82) is 0 Å². The summed E-state index contributed by atoms with van der Waals surface area (Å²) in [6, 6.07) is 11.4. The smallest absolute Gasteiger partial charge is 0.328 e. The quantitative estimate of drug-likeness (QED) is 0.657. The molecular formula is C19H14O5. The maximum Gasteiger partial charge on any atom is 0.328 e. The topological polar surface area (TPSA) is 76.0 Å². The lowest BCUT2D eigenvalue weighted by atomic mass is 10.0. The van der Waals surface area contributed by atoms with Crippen LogP contribution in [0.4, 0.5) is 0 Å². The molecule has 0 saturated carbocycles. The number of allylic oxidation sites excluding steroid dienone is 2. The van der Waals surface area contributed by atoms with Crippen molar-refractivity contribution < 1.29 is 24.5 Å². The summed E-state index contributed by atoms with van der Waals surface area (Å²) < 4.78 is 12.1. The van der Waals surface area contributed by atoms with E-state index in [0.29, 0.717) is 17.1 Å². The largest absolute Gasteiger partial charge is 0.478 e. The zero-order valence-corrected chi connectivity index (χ0v) is 12.5. The fourth-order valence-electron chi connectivity index (χ4n) is 3.05. The SMILES string of the molecule is O=C(O)C=CC=C1C(O)C=CC12Oc1cccc3cccc(c13)O2. The van der Waals surface area contributed by atoms with Crippen LogP contribution in [-0.2, 0) is 4.79 Å². The third-order valence-corrected chi connectivity index (χ3v) is 4.08. The molecule has 2 N–H and O–H groups in total. The first-order valence-corrected chi connectivity index (χ1v) is 7.48. The van der Waals surface area contributed by atoms with Crippen LogP contribution in [0.1, 0.15) is 0 Å². The highest BCUT2D eigenvalue weighted by molar-refractivity contribution is 5.94. The summed E-state index contributed by atoms with van der Waals surface area (Å²) in [5.74, 6) is -1.03. The van der Waals surface area contributed by atoms with Gasteiger partial charge in [-0.05, 0) is 23.6 Å². The number of ether oxygens (including phenoxy) is 2. The van der Waals surface area contributed by atoms with Crippen LogP contribution >= 0.6 is 0 Å². The molecule has 1 aliphatic heterocycles. The lowest BCUT2D eigenvalue weighted by molar-refractivity contribution is -0.131. The molecule has 0 fully saturated rings. The minimum absolute atomic E-state index is 0.423. The first-order chi connectivity index (χ1) is 11.6. The van der Waals surface area contributed by atoms with Crippen molar-refractivity contribution in [2.75, 3.05) is 0 Å². The van der Waals surface area contributed by atoms with E-state index in [9.17, 15) is 9.90 Å². The molecule has 1 aliphatic carbocycles. The molecule has 2 aliphatic rings. The van der Waals surface area contributed by atoms with Gasteiger partial charge < -0.3 is 19.7 Å². The fraction of sp³-hybridized carbons (Fsp3) is 0.105. The van der Waals surface area contributed by atoms with E-state index < -0.39 is 17.9 Å². The van der Waals surface area contributed by atoms with Crippen molar-refractivity contribution in [3.8, 4) is 11.5 Å². The van der Waals surface area contributed by atoms with Gasteiger partial charge in [0.2, 0.25) is 0 Å². The predicted molar refractivity (Wildman–Crippen MR) is 87.9 cm³/mol. The molecule has 2 aromatic rings. The zero-order chi connectivity index (χ0) is 16.7. The molecule has 0 amide bonds. The number of hydrogen-bond acceptors (Lipinski definition) is 4. The molecule has 24 heavy (non-hydrogen) atoms. The number of carboxylic acid groups (broad SMARTS) is 1. The normalized spacial score (nSPS) is 22.2. The van der Waals surface area contributed by atoms with Gasteiger partial charge in [0.25, 0.3) is 5.79 Å². The second-order valence-electron chi connectivity index (χ2n) is 5.61. The van der Waals surface area contributed by atoms with E-state index in [2.05, 4.69) is 0 Å². The number of aliphatic hydroxyl groups is 1. The summed E-state index contributed by atoms with van der Waals surface area (Å²) in [5.41, 5.74) is 0.423. The first-order valence-electron chi connectivity index (χ1n) is 7.48. The summed E-state index contributed by atoms with van der Waals surface area (Å²) in [6.45, 7) is 0. The summed E-state index contributed by atoms with van der Waals surface area (Å²) >= 11 is 0. The summed E-state index contributed by atoms with van der Waals surface area (Å²) in [7, 11) is 0. The Morgan fingerprint density at radius 1 is 1.12 bits per heavy atom. The van der Waals surface area contributed by atoms with E-state index in [0.717, 1.165) is 16.8 Å². The van der Waals surface area contributed by atoms with Gasteiger partial charge in [-0.25, -0.2) is 4.79 Å². The Bertz CT molecular complexity index is 882. The van der Waals surface area contributed by atoms with Gasteiger partial charge in [0.15, 0.2) is 0 Å². The monoisotopic (exact) mass is 322 g/mol. The molecule has 0 saturated heterocycles. The number of carboxylic acids is 1. The number of hydrogen-bond donors (Lipinski definition) is 2.